The van der Waals surface area contributed by atoms with Crippen LogP contribution in [0.25, 0.3) is 0 Å². The molecule has 1 saturated carbocycles. The minimum absolute atomic E-state index is 0.507. The highest BCUT2D eigenvalue weighted by atomic mass is 32.2. The molecule has 0 amide bonds. The monoisotopic (exact) mass is 310 g/mol. The van der Waals surface area contributed by atoms with Gasteiger partial charge in [-0.15, -0.1) is 11.8 Å². The summed E-state index contributed by atoms with van der Waals surface area (Å²) < 4.78 is 6.32. The standard InChI is InChI=1S/C17H30N2OS/c1-15-3-5-16(6-4-15)20-17-7-11-19(12-8-17)10-2-13-21-14-9-18/h15-17H,2-8,10-14H2,1H3. The van der Waals surface area contributed by atoms with Crippen LogP contribution in [0.3, 0.4) is 0 Å². The Morgan fingerprint density at radius 3 is 2.43 bits per heavy atom. The molecule has 120 valence electrons. The second-order valence-corrected chi connectivity index (χ2v) is 7.73. The third-order valence-corrected chi connectivity index (χ3v) is 5.72. The summed E-state index contributed by atoms with van der Waals surface area (Å²) in [5, 5.41) is 8.50. The molecule has 0 N–H and O–H groups in total. The van der Waals surface area contributed by atoms with Crippen LogP contribution in [0.1, 0.15) is 51.9 Å². The van der Waals surface area contributed by atoms with Gasteiger partial charge in [0.2, 0.25) is 0 Å². The van der Waals surface area contributed by atoms with E-state index in [-0.39, 0.29) is 0 Å². The van der Waals surface area contributed by atoms with E-state index in [9.17, 15) is 0 Å². The molecule has 2 aliphatic rings. The Balaban J connectivity index is 1.53. The zero-order valence-corrected chi connectivity index (χ0v) is 14.2. The largest absolute Gasteiger partial charge is 0.375 e. The van der Waals surface area contributed by atoms with Crippen molar-refractivity contribution in [2.75, 3.05) is 31.1 Å². The van der Waals surface area contributed by atoms with Gasteiger partial charge >= 0.3 is 0 Å². The van der Waals surface area contributed by atoms with Crippen LogP contribution in [0.15, 0.2) is 0 Å². The fourth-order valence-electron chi connectivity index (χ4n) is 3.41. The van der Waals surface area contributed by atoms with Crippen molar-refractivity contribution in [1.82, 2.24) is 4.90 Å². The second kappa shape index (κ2) is 9.71. The summed E-state index contributed by atoms with van der Waals surface area (Å²) in [4.78, 5) is 2.57. The van der Waals surface area contributed by atoms with Gasteiger partial charge in [-0.05, 0) is 63.2 Å². The Morgan fingerprint density at radius 1 is 1.10 bits per heavy atom. The number of ether oxygens (including phenoxy) is 1. The summed E-state index contributed by atoms with van der Waals surface area (Å²) in [6, 6.07) is 2.19. The van der Waals surface area contributed by atoms with Crippen molar-refractivity contribution in [2.24, 2.45) is 5.92 Å². The number of piperidine rings is 1. The quantitative estimate of drug-likeness (QED) is 0.672. The molecule has 0 aromatic carbocycles. The summed E-state index contributed by atoms with van der Waals surface area (Å²) >= 11 is 1.75. The Hall–Kier alpha value is -0.240. The normalized spacial score (nSPS) is 28.4. The fraction of sp³-hybridized carbons (Fsp3) is 0.941. The minimum atomic E-state index is 0.507. The van der Waals surface area contributed by atoms with E-state index >= 15 is 0 Å². The summed E-state index contributed by atoms with van der Waals surface area (Å²) in [5.74, 6) is 2.66. The zero-order valence-electron chi connectivity index (χ0n) is 13.4. The molecule has 0 aromatic heterocycles. The van der Waals surface area contributed by atoms with Crippen LogP contribution in [-0.4, -0.2) is 48.2 Å². The zero-order chi connectivity index (χ0) is 14.9. The number of nitrogens with zero attached hydrogens (tertiary/aromatic N) is 2. The number of likely N-dealkylation sites (tertiary alicyclic amines) is 1. The average Bonchev–Trinajstić information content (AvgIpc) is 2.51. The van der Waals surface area contributed by atoms with Crippen molar-refractivity contribution in [3.8, 4) is 6.07 Å². The van der Waals surface area contributed by atoms with Gasteiger partial charge in [0, 0.05) is 13.1 Å². The molecule has 0 spiro atoms. The summed E-state index contributed by atoms with van der Waals surface area (Å²) in [5.41, 5.74) is 0. The lowest BCUT2D eigenvalue weighted by molar-refractivity contribution is -0.0599. The van der Waals surface area contributed by atoms with Crippen LogP contribution in [0.4, 0.5) is 0 Å². The van der Waals surface area contributed by atoms with E-state index in [2.05, 4.69) is 17.9 Å². The summed E-state index contributed by atoms with van der Waals surface area (Å²) in [6.45, 7) is 5.93. The number of hydrogen-bond acceptors (Lipinski definition) is 4. The molecular formula is C17H30N2OS. The SMILES string of the molecule is CC1CCC(OC2CCN(CCCSCC#N)CC2)CC1. The molecule has 21 heavy (non-hydrogen) atoms. The molecule has 0 unspecified atom stereocenters. The Bertz CT molecular complexity index is 315. The third kappa shape index (κ3) is 6.59. The first-order valence-electron chi connectivity index (χ1n) is 8.60. The average molecular weight is 311 g/mol. The maximum absolute atomic E-state index is 8.50. The maximum Gasteiger partial charge on any atom is 0.0808 e. The van der Waals surface area contributed by atoms with E-state index in [1.807, 2.05) is 0 Å². The van der Waals surface area contributed by atoms with Gasteiger partial charge in [-0.3, -0.25) is 0 Å². The van der Waals surface area contributed by atoms with Crippen LogP contribution in [0.5, 0.6) is 0 Å². The highest BCUT2D eigenvalue weighted by molar-refractivity contribution is 7.99. The smallest absolute Gasteiger partial charge is 0.0808 e. The first-order valence-corrected chi connectivity index (χ1v) is 9.76. The Kier molecular flexibility index (Phi) is 7.92. The molecule has 0 radical (unpaired) electrons. The third-order valence-electron chi connectivity index (χ3n) is 4.81. The summed E-state index contributed by atoms with van der Waals surface area (Å²) in [6.07, 6.45) is 9.92. The predicted molar refractivity (Wildman–Crippen MR) is 89.5 cm³/mol. The number of thioether (sulfide) groups is 1. The van der Waals surface area contributed by atoms with Gasteiger partial charge in [0.25, 0.3) is 0 Å². The van der Waals surface area contributed by atoms with Gasteiger partial charge in [-0.2, -0.15) is 5.26 Å². The van der Waals surface area contributed by atoms with Crippen LogP contribution < -0.4 is 0 Å². The molecule has 3 nitrogen and oxygen atoms in total. The first kappa shape index (κ1) is 17.1. The molecule has 1 aliphatic carbocycles. The van der Waals surface area contributed by atoms with Gasteiger partial charge in [-0.25, -0.2) is 0 Å². The van der Waals surface area contributed by atoms with Gasteiger partial charge in [0.05, 0.1) is 24.0 Å². The minimum Gasteiger partial charge on any atom is -0.375 e. The van der Waals surface area contributed by atoms with E-state index in [0.717, 1.165) is 11.7 Å². The fourth-order valence-corrected chi connectivity index (χ4v) is 3.98. The number of hydrogen-bond donors (Lipinski definition) is 0. The van der Waals surface area contributed by atoms with Crippen molar-refractivity contribution in [2.45, 2.75) is 64.1 Å². The lowest BCUT2D eigenvalue weighted by Crippen LogP contribution is -2.39. The van der Waals surface area contributed by atoms with E-state index in [1.54, 1.807) is 11.8 Å². The molecule has 2 rings (SSSR count). The van der Waals surface area contributed by atoms with Crippen molar-refractivity contribution in [3.63, 3.8) is 0 Å². The second-order valence-electron chi connectivity index (χ2n) is 6.62. The van der Waals surface area contributed by atoms with Crippen LogP contribution in [0.2, 0.25) is 0 Å². The van der Waals surface area contributed by atoms with Crippen molar-refractivity contribution in [3.05, 3.63) is 0 Å². The topological polar surface area (TPSA) is 36.3 Å². The highest BCUT2D eigenvalue weighted by Crippen LogP contribution is 2.28. The first-order chi connectivity index (χ1) is 10.3. The predicted octanol–water partition coefficient (Wildman–Crippen LogP) is 3.69. The molecule has 1 heterocycles. The van der Waals surface area contributed by atoms with Gasteiger partial charge in [0.1, 0.15) is 0 Å². The van der Waals surface area contributed by atoms with E-state index in [0.29, 0.717) is 18.0 Å². The molecular weight excluding hydrogens is 280 g/mol. The van der Waals surface area contributed by atoms with Crippen molar-refractivity contribution >= 4 is 11.8 Å². The molecule has 0 atom stereocenters. The number of rotatable bonds is 7. The van der Waals surface area contributed by atoms with Crippen LogP contribution in [0, 0.1) is 17.2 Å². The Labute approximate surface area is 134 Å². The van der Waals surface area contributed by atoms with Gasteiger partial charge in [-0.1, -0.05) is 6.92 Å². The number of nitriles is 1. The van der Waals surface area contributed by atoms with Gasteiger partial charge in [0.15, 0.2) is 0 Å². The molecule has 0 bridgehead atoms. The van der Waals surface area contributed by atoms with Crippen molar-refractivity contribution in [1.29, 1.82) is 5.26 Å². The molecule has 0 aromatic rings. The van der Waals surface area contributed by atoms with Crippen molar-refractivity contribution < 1.29 is 4.74 Å². The maximum atomic E-state index is 8.50. The lowest BCUT2D eigenvalue weighted by Gasteiger charge is -2.35. The van der Waals surface area contributed by atoms with E-state index in [1.165, 1.54) is 64.6 Å². The van der Waals surface area contributed by atoms with Gasteiger partial charge < -0.3 is 9.64 Å². The van der Waals surface area contributed by atoms with E-state index < -0.39 is 0 Å². The lowest BCUT2D eigenvalue weighted by atomic mass is 9.88. The molecule has 1 aliphatic heterocycles. The Morgan fingerprint density at radius 2 is 1.76 bits per heavy atom. The highest BCUT2D eigenvalue weighted by Gasteiger charge is 2.25. The van der Waals surface area contributed by atoms with Crippen LogP contribution >= 0.6 is 11.8 Å². The molecule has 4 heteroatoms. The van der Waals surface area contributed by atoms with E-state index in [4.69, 9.17) is 10.00 Å². The van der Waals surface area contributed by atoms with Crippen LogP contribution in [-0.2, 0) is 4.74 Å². The molecule has 2 fully saturated rings. The summed E-state index contributed by atoms with van der Waals surface area (Å²) in [7, 11) is 0. The molecule has 1 saturated heterocycles.